The molecule has 148 valence electrons. The largest absolute Gasteiger partial charge is 0.478 e. The Labute approximate surface area is 170 Å². The van der Waals surface area contributed by atoms with Gasteiger partial charge in [0.05, 0.1) is 12.0 Å². The van der Waals surface area contributed by atoms with Crippen LogP contribution in [-0.2, 0) is 11.2 Å². The maximum atomic E-state index is 13.2. The van der Waals surface area contributed by atoms with Crippen LogP contribution in [0.1, 0.15) is 28.0 Å². The van der Waals surface area contributed by atoms with E-state index in [1.54, 1.807) is 12.1 Å². The predicted molar refractivity (Wildman–Crippen MR) is 105 cm³/mol. The lowest BCUT2D eigenvalue weighted by Crippen LogP contribution is -2.15. The van der Waals surface area contributed by atoms with Crippen molar-refractivity contribution < 1.29 is 23.5 Å². The summed E-state index contributed by atoms with van der Waals surface area (Å²) in [5.74, 6) is -1.40. The zero-order valence-corrected chi connectivity index (χ0v) is 15.7. The minimum Gasteiger partial charge on any atom is -0.478 e. The molecule has 0 saturated carbocycles. The fourth-order valence-electron chi connectivity index (χ4n) is 2.72. The lowest BCUT2D eigenvalue weighted by atomic mass is 10.0. The van der Waals surface area contributed by atoms with Crippen LogP contribution in [0.4, 0.5) is 14.5 Å². The van der Waals surface area contributed by atoms with Crippen LogP contribution in [-0.4, -0.2) is 22.0 Å². The van der Waals surface area contributed by atoms with E-state index >= 15 is 0 Å². The molecular weight excluding hydrogens is 402 g/mol. The number of alkyl halides is 2. The summed E-state index contributed by atoms with van der Waals surface area (Å²) in [7, 11) is 0. The van der Waals surface area contributed by atoms with Crippen molar-refractivity contribution >= 4 is 29.2 Å². The third-order valence-electron chi connectivity index (χ3n) is 4.14. The van der Waals surface area contributed by atoms with Gasteiger partial charge in [-0.15, -0.1) is 0 Å². The van der Waals surface area contributed by atoms with Crippen LogP contribution in [0.5, 0.6) is 0 Å². The number of carbonyl (C=O) groups is 2. The number of hydrogen-bond acceptors (Lipinski definition) is 3. The van der Waals surface area contributed by atoms with Crippen LogP contribution in [0.3, 0.4) is 0 Å². The number of anilines is 1. The maximum absolute atomic E-state index is 13.2. The summed E-state index contributed by atoms with van der Waals surface area (Å²) >= 11 is 5.92. The maximum Gasteiger partial charge on any atom is 0.335 e. The molecule has 0 bridgehead atoms. The number of nitrogens with one attached hydrogen (secondary N) is 1. The summed E-state index contributed by atoms with van der Waals surface area (Å²) < 4.78 is 26.4. The van der Waals surface area contributed by atoms with Crippen molar-refractivity contribution in [1.82, 2.24) is 4.98 Å². The van der Waals surface area contributed by atoms with Crippen LogP contribution in [0.2, 0.25) is 5.02 Å². The number of carboxylic acid groups (broad SMARTS) is 1. The van der Waals surface area contributed by atoms with E-state index < -0.39 is 12.4 Å². The predicted octanol–water partition coefficient (Wildman–Crippen LogP) is 5.22. The van der Waals surface area contributed by atoms with E-state index in [9.17, 15) is 18.4 Å². The molecular formula is C21H15ClF2N2O3. The molecule has 0 aliphatic heterocycles. The van der Waals surface area contributed by atoms with E-state index in [-0.39, 0.29) is 29.0 Å². The summed E-state index contributed by atoms with van der Waals surface area (Å²) in [4.78, 5) is 27.2. The van der Waals surface area contributed by atoms with E-state index in [0.717, 1.165) is 0 Å². The molecule has 0 saturated heterocycles. The van der Waals surface area contributed by atoms with Crippen molar-refractivity contribution in [3.63, 3.8) is 0 Å². The summed E-state index contributed by atoms with van der Waals surface area (Å²) in [5.41, 5.74) is 1.63. The van der Waals surface area contributed by atoms with Crippen LogP contribution in [0.15, 0.2) is 60.8 Å². The minimum absolute atomic E-state index is 0.0296. The van der Waals surface area contributed by atoms with Crippen molar-refractivity contribution in [2.75, 3.05) is 5.32 Å². The molecule has 0 aliphatic carbocycles. The lowest BCUT2D eigenvalue weighted by Gasteiger charge is -2.10. The second-order valence-corrected chi connectivity index (χ2v) is 6.61. The lowest BCUT2D eigenvalue weighted by molar-refractivity contribution is -0.115. The summed E-state index contributed by atoms with van der Waals surface area (Å²) in [5, 5.41) is 11.9. The smallest absolute Gasteiger partial charge is 0.335 e. The number of halogens is 3. The Morgan fingerprint density at radius 1 is 1.07 bits per heavy atom. The molecule has 0 atom stereocenters. The molecule has 3 rings (SSSR count). The monoisotopic (exact) mass is 416 g/mol. The summed E-state index contributed by atoms with van der Waals surface area (Å²) in [6.45, 7) is 0. The Morgan fingerprint density at radius 2 is 1.79 bits per heavy atom. The Balaban J connectivity index is 1.70. The van der Waals surface area contributed by atoms with E-state index in [1.165, 1.54) is 48.7 Å². The Kier molecular flexibility index (Phi) is 6.19. The molecule has 2 N–H and O–H groups in total. The van der Waals surface area contributed by atoms with Gasteiger partial charge in [0.15, 0.2) is 0 Å². The van der Waals surface area contributed by atoms with Crippen molar-refractivity contribution in [2.45, 2.75) is 12.8 Å². The molecule has 5 nitrogen and oxygen atoms in total. The summed E-state index contributed by atoms with van der Waals surface area (Å²) in [6.07, 6.45) is -1.26. The number of aromatic carboxylic acids is 1. The number of carboxylic acids is 1. The first kappa shape index (κ1) is 20.4. The summed E-state index contributed by atoms with van der Waals surface area (Å²) in [6, 6.07) is 13.1. The number of pyridine rings is 1. The minimum atomic E-state index is -2.65. The first-order valence-corrected chi connectivity index (χ1v) is 8.87. The average molecular weight is 417 g/mol. The van der Waals surface area contributed by atoms with Crippen LogP contribution in [0, 0.1) is 0 Å². The number of amides is 1. The molecule has 0 unspecified atom stereocenters. The van der Waals surface area contributed by atoms with Gasteiger partial charge < -0.3 is 10.4 Å². The van der Waals surface area contributed by atoms with Crippen molar-refractivity contribution in [3.05, 3.63) is 82.6 Å². The molecule has 8 heteroatoms. The Hall–Kier alpha value is -3.32. The second kappa shape index (κ2) is 8.79. The van der Waals surface area contributed by atoms with Crippen LogP contribution in [0.25, 0.3) is 11.1 Å². The fourth-order valence-corrected chi connectivity index (χ4v) is 2.90. The van der Waals surface area contributed by atoms with Crippen molar-refractivity contribution in [2.24, 2.45) is 0 Å². The van der Waals surface area contributed by atoms with Gasteiger partial charge in [-0.25, -0.2) is 13.6 Å². The molecule has 2 aromatic carbocycles. The third-order valence-corrected chi connectivity index (χ3v) is 4.38. The van der Waals surface area contributed by atoms with Gasteiger partial charge in [-0.3, -0.25) is 9.78 Å². The highest BCUT2D eigenvalue weighted by atomic mass is 35.5. The Morgan fingerprint density at radius 3 is 2.38 bits per heavy atom. The Bertz CT molecular complexity index is 1040. The van der Waals surface area contributed by atoms with Crippen LogP contribution >= 0.6 is 11.6 Å². The first-order valence-electron chi connectivity index (χ1n) is 8.49. The van der Waals surface area contributed by atoms with Gasteiger partial charge >= 0.3 is 5.97 Å². The standard InChI is InChI=1S/C21H15ClF2N2O3/c22-14-4-8-17(20(23)24)18(9-14)13-3-7-16(25-11-13)10-19(27)26-15-5-1-12(2-6-15)21(28)29/h1-9,11,20H,10H2,(H,26,27)(H,28,29). The highest BCUT2D eigenvalue weighted by Gasteiger charge is 2.15. The number of rotatable bonds is 6. The second-order valence-electron chi connectivity index (χ2n) is 6.18. The first-order chi connectivity index (χ1) is 13.8. The number of aromatic nitrogens is 1. The molecule has 0 radical (unpaired) electrons. The highest BCUT2D eigenvalue weighted by molar-refractivity contribution is 6.30. The van der Waals surface area contributed by atoms with Gasteiger partial charge in [-0.2, -0.15) is 0 Å². The number of nitrogens with zero attached hydrogens (tertiary/aromatic N) is 1. The van der Waals surface area contributed by atoms with E-state index in [0.29, 0.717) is 22.0 Å². The van der Waals surface area contributed by atoms with Gasteiger partial charge in [-0.1, -0.05) is 23.7 Å². The zero-order valence-electron chi connectivity index (χ0n) is 14.9. The van der Waals surface area contributed by atoms with E-state index in [2.05, 4.69) is 10.3 Å². The zero-order chi connectivity index (χ0) is 21.0. The number of hydrogen-bond donors (Lipinski definition) is 2. The molecule has 0 aliphatic rings. The van der Waals surface area contributed by atoms with E-state index in [1.807, 2.05) is 0 Å². The molecule has 1 aromatic heterocycles. The normalized spacial score (nSPS) is 10.8. The fraction of sp³-hybridized carbons (Fsp3) is 0.0952. The molecule has 0 spiro atoms. The van der Waals surface area contributed by atoms with E-state index in [4.69, 9.17) is 16.7 Å². The molecule has 1 heterocycles. The average Bonchev–Trinajstić information content (AvgIpc) is 2.68. The molecule has 0 fully saturated rings. The van der Waals surface area contributed by atoms with Crippen molar-refractivity contribution in [3.8, 4) is 11.1 Å². The highest BCUT2D eigenvalue weighted by Crippen LogP contribution is 2.33. The van der Waals surface area contributed by atoms with Crippen molar-refractivity contribution in [1.29, 1.82) is 0 Å². The number of carbonyl (C=O) groups excluding carboxylic acids is 1. The SMILES string of the molecule is O=C(Cc1ccc(-c2cc(Cl)ccc2C(F)F)cn1)Nc1ccc(C(=O)O)cc1. The van der Waals surface area contributed by atoms with Gasteiger partial charge in [0, 0.05) is 33.7 Å². The molecule has 1 amide bonds. The quantitative estimate of drug-likeness (QED) is 0.577. The number of benzene rings is 2. The molecule has 3 aromatic rings. The van der Waals surface area contributed by atoms with Gasteiger partial charge in [-0.05, 0) is 48.0 Å². The topological polar surface area (TPSA) is 79.3 Å². The van der Waals surface area contributed by atoms with Gasteiger partial charge in [0.1, 0.15) is 0 Å². The third kappa shape index (κ3) is 5.14. The van der Waals surface area contributed by atoms with Gasteiger partial charge in [0.2, 0.25) is 5.91 Å². The van der Waals surface area contributed by atoms with Crippen LogP contribution < -0.4 is 5.32 Å². The van der Waals surface area contributed by atoms with Gasteiger partial charge in [0.25, 0.3) is 6.43 Å². The molecule has 29 heavy (non-hydrogen) atoms.